The lowest BCUT2D eigenvalue weighted by Gasteiger charge is -2.05. The fourth-order valence-electron chi connectivity index (χ4n) is 1.25. The molecule has 0 saturated carbocycles. The molecule has 0 amide bonds. The van der Waals surface area contributed by atoms with Gasteiger partial charge in [-0.15, -0.1) is 10.2 Å². The molecule has 1 aromatic carbocycles. The van der Waals surface area contributed by atoms with Gasteiger partial charge in [0.25, 0.3) is 0 Å². The molecular weight excluding hydrogens is 284 g/mol. The molecule has 0 fully saturated rings. The molecule has 0 atom stereocenters. The smallest absolute Gasteiger partial charge is 0.233 e. The van der Waals surface area contributed by atoms with E-state index in [4.69, 9.17) is 9.84 Å². The molecule has 1 N–H and O–H groups in total. The summed E-state index contributed by atoms with van der Waals surface area (Å²) in [5.74, 6) is 0.449. The van der Waals surface area contributed by atoms with Gasteiger partial charge in [-0.25, -0.2) is 0 Å². The highest BCUT2D eigenvalue weighted by molar-refractivity contribution is 9.10. The second-order valence-corrected chi connectivity index (χ2v) is 4.35. The first-order chi connectivity index (χ1) is 8.28. The number of aromatic nitrogens is 2. The third-order valence-corrected chi connectivity index (χ3v) is 2.69. The minimum Gasteiger partial charge on any atom is -0.472 e. The number of nitrogens with zero attached hydrogens (tertiary/aromatic N) is 2. The molecule has 0 aliphatic carbocycles. The van der Waals surface area contributed by atoms with E-state index in [-0.39, 0.29) is 6.61 Å². The standard InChI is InChI=1S/C12H11BrN2O2/c13-10-3-1-9(2-4-10)8-17-12-6-5-11(7-16)14-15-12/h1-6,16H,7-8H2. The van der Waals surface area contributed by atoms with Crippen LogP contribution in [0.3, 0.4) is 0 Å². The fraction of sp³-hybridized carbons (Fsp3) is 0.167. The zero-order valence-corrected chi connectivity index (χ0v) is 10.6. The van der Waals surface area contributed by atoms with Crippen molar-refractivity contribution in [2.75, 3.05) is 0 Å². The predicted octanol–water partition coefficient (Wildman–Crippen LogP) is 2.31. The van der Waals surface area contributed by atoms with Crippen LogP contribution in [0.2, 0.25) is 0 Å². The van der Waals surface area contributed by atoms with E-state index < -0.39 is 0 Å². The molecule has 0 aliphatic heterocycles. The Morgan fingerprint density at radius 3 is 2.41 bits per heavy atom. The van der Waals surface area contributed by atoms with Crippen molar-refractivity contribution in [2.24, 2.45) is 0 Å². The Hall–Kier alpha value is -1.46. The topological polar surface area (TPSA) is 55.2 Å². The number of halogens is 1. The van der Waals surface area contributed by atoms with E-state index in [1.54, 1.807) is 12.1 Å². The average molecular weight is 295 g/mol. The maximum atomic E-state index is 8.81. The summed E-state index contributed by atoms with van der Waals surface area (Å²) in [6.07, 6.45) is 0. The zero-order chi connectivity index (χ0) is 12.1. The van der Waals surface area contributed by atoms with Gasteiger partial charge in [-0.3, -0.25) is 0 Å². The Bertz CT molecular complexity index is 471. The molecule has 0 unspecified atom stereocenters. The highest BCUT2D eigenvalue weighted by atomic mass is 79.9. The summed E-state index contributed by atoms with van der Waals surface area (Å²) in [7, 11) is 0. The van der Waals surface area contributed by atoms with Gasteiger partial charge in [0.2, 0.25) is 5.88 Å². The van der Waals surface area contributed by atoms with Gasteiger partial charge in [0.05, 0.1) is 12.3 Å². The van der Waals surface area contributed by atoms with E-state index in [9.17, 15) is 0 Å². The van der Waals surface area contributed by atoms with Crippen LogP contribution in [0.25, 0.3) is 0 Å². The largest absolute Gasteiger partial charge is 0.472 e. The van der Waals surface area contributed by atoms with Crippen LogP contribution in [0.15, 0.2) is 40.9 Å². The monoisotopic (exact) mass is 294 g/mol. The number of hydrogen-bond acceptors (Lipinski definition) is 4. The average Bonchev–Trinajstić information content (AvgIpc) is 2.39. The van der Waals surface area contributed by atoms with Gasteiger partial charge in [0.15, 0.2) is 0 Å². The van der Waals surface area contributed by atoms with E-state index in [1.165, 1.54) is 0 Å². The van der Waals surface area contributed by atoms with E-state index in [2.05, 4.69) is 26.1 Å². The first-order valence-electron chi connectivity index (χ1n) is 5.08. The van der Waals surface area contributed by atoms with Crippen molar-refractivity contribution in [1.29, 1.82) is 0 Å². The summed E-state index contributed by atoms with van der Waals surface area (Å²) in [6, 6.07) is 11.2. The molecule has 88 valence electrons. The first kappa shape index (κ1) is 12.0. The van der Waals surface area contributed by atoms with E-state index in [0.29, 0.717) is 18.2 Å². The maximum Gasteiger partial charge on any atom is 0.233 e. The minimum absolute atomic E-state index is 0.111. The molecule has 1 heterocycles. The Morgan fingerprint density at radius 1 is 1.06 bits per heavy atom. The highest BCUT2D eigenvalue weighted by Crippen LogP contribution is 2.12. The molecule has 0 aliphatic rings. The fourth-order valence-corrected chi connectivity index (χ4v) is 1.51. The lowest BCUT2D eigenvalue weighted by atomic mass is 10.2. The van der Waals surface area contributed by atoms with Gasteiger partial charge in [0, 0.05) is 10.5 Å². The van der Waals surface area contributed by atoms with Crippen LogP contribution >= 0.6 is 15.9 Å². The Balaban J connectivity index is 1.95. The van der Waals surface area contributed by atoms with Crippen molar-refractivity contribution in [3.8, 4) is 5.88 Å². The Morgan fingerprint density at radius 2 is 1.82 bits per heavy atom. The van der Waals surface area contributed by atoms with Crippen molar-refractivity contribution in [3.63, 3.8) is 0 Å². The molecule has 2 aromatic rings. The molecule has 2 rings (SSSR count). The third kappa shape index (κ3) is 3.51. The maximum absolute atomic E-state index is 8.81. The van der Waals surface area contributed by atoms with Crippen molar-refractivity contribution < 1.29 is 9.84 Å². The summed E-state index contributed by atoms with van der Waals surface area (Å²) in [5, 5.41) is 16.4. The molecule has 0 spiro atoms. The van der Waals surface area contributed by atoms with Crippen LogP contribution in [0.1, 0.15) is 11.3 Å². The van der Waals surface area contributed by atoms with Crippen molar-refractivity contribution in [3.05, 3.63) is 52.1 Å². The Labute approximate surface area is 107 Å². The highest BCUT2D eigenvalue weighted by Gasteiger charge is 1.99. The van der Waals surface area contributed by atoms with Gasteiger partial charge in [0.1, 0.15) is 6.61 Å². The number of ether oxygens (including phenoxy) is 1. The van der Waals surface area contributed by atoms with Crippen LogP contribution in [-0.2, 0) is 13.2 Å². The van der Waals surface area contributed by atoms with E-state index in [0.717, 1.165) is 10.0 Å². The van der Waals surface area contributed by atoms with Crippen LogP contribution in [-0.4, -0.2) is 15.3 Å². The van der Waals surface area contributed by atoms with Gasteiger partial charge >= 0.3 is 0 Å². The Kier molecular flexibility index (Phi) is 4.06. The molecular formula is C12H11BrN2O2. The molecule has 0 bridgehead atoms. The summed E-state index contributed by atoms with van der Waals surface area (Å²) < 4.78 is 6.50. The van der Waals surface area contributed by atoms with Gasteiger partial charge in [-0.1, -0.05) is 28.1 Å². The first-order valence-corrected chi connectivity index (χ1v) is 5.88. The number of rotatable bonds is 4. The van der Waals surface area contributed by atoms with Gasteiger partial charge in [-0.2, -0.15) is 0 Å². The quantitative estimate of drug-likeness (QED) is 0.940. The third-order valence-electron chi connectivity index (χ3n) is 2.16. The lowest BCUT2D eigenvalue weighted by molar-refractivity contribution is 0.269. The second kappa shape index (κ2) is 5.75. The number of hydrogen-bond donors (Lipinski definition) is 1. The normalized spacial score (nSPS) is 10.2. The van der Waals surface area contributed by atoms with Gasteiger partial charge < -0.3 is 9.84 Å². The molecule has 5 heteroatoms. The molecule has 4 nitrogen and oxygen atoms in total. The lowest BCUT2D eigenvalue weighted by Crippen LogP contribution is -1.99. The van der Waals surface area contributed by atoms with Crippen LogP contribution in [0, 0.1) is 0 Å². The van der Waals surface area contributed by atoms with Crippen LogP contribution < -0.4 is 4.74 Å². The van der Waals surface area contributed by atoms with E-state index in [1.807, 2.05) is 24.3 Å². The minimum atomic E-state index is -0.111. The summed E-state index contributed by atoms with van der Waals surface area (Å²) in [6.45, 7) is 0.334. The SMILES string of the molecule is OCc1ccc(OCc2ccc(Br)cc2)nn1. The van der Waals surface area contributed by atoms with Crippen LogP contribution in [0.4, 0.5) is 0 Å². The van der Waals surface area contributed by atoms with Gasteiger partial charge in [-0.05, 0) is 23.8 Å². The summed E-state index contributed by atoms with van der Waals surface area (Å²) in [5.41, 5.74) is 1.59. The second-order valence-electron chi connectivity index (χ2n) is 3.44. The number of aliphatic hydroxyl groups is 1. The van der Waals surface area contributed by atoms with E-state index >= 15 is 0 Å². The van der Waals surface area contributed by atoms with Crippen LogP contribution in [0.5, 0.6) is 5.88 Å². The molecule has 0 radical (unpaired) electrons. The van der Waals surface area contributed by atoms with Crippen molar-refractivity contribution in [2.45, 2.75) is 13.2 Å². The van der Waals surface area contributed by atoms with Crippen molar-refractivity contribution in [1.82, 2.24) is 10.2 Å². The molecule has 1 aromatic heterocycles. The number of aliphatic hydroxyl groups excluding tert-OH is 1. The van der Waals surface area contributed by atoms with Crippen molar-refractivity contribution >= 4 is 15.9 Å². The summed E-state index contributed by atoms with van der Waals surface area (Å²) >= 11 is 3.37. The zero-order valence-electron chi connectivity index (χ0n) is 9.01. The molecule has 0 saturated heterocycles. The summed E-state index contributed by atoms with van der Waals surface area (Å²) in [4.78, 5) is 0. The number of benzene rings is 1. The predicted molar refractivity (Wildman–Crippen MR) is 66.4 cm³/mol. The molecule has 17 heavy (non-hydrogen) atoms.